The number of hydrogen-bond acceptors (Lipinski definition) is 3. The summed E-state index contributed by atoms with van der Waals surface area (Å²) in [5.74, 6) is -0.209. The Bertz CT molecular complexity index is 363. The fraction of sp³-hybridized carbons (Fsp3) is 0.500. The van der Waals surface area contributed by atoms with Gasteiger partial charge < -0.3 is 10.1 Å². The van der Waals surface area contributed by atoms with Crippen molar-refractivity contribution >= 4 is 11.7 Å². The minimum Gasteiger partial charge on any atom is -0.464 e. The minimum atomic E-state index is -0.312. The Morgan fingerprint density at radius 1 is 1.35 bits per heavy atom. The molecular weight excluding hydrogens is 214 g/mol. The molecule has 3 heteroatoms. The molecule has 3 nitrogen and oxygen atoms in total. The predicted octanol–water partition coefficient (Wildman–Crippen LogP) is 3.00. The number of para-hydroxylation sites is 1. The van der Waals surface area contributed by atoms with Gasteiger partial charge in [0.15, 0.2) is 0 Å². The average molecular weight is 235 g/mol. The third-order valence-corrected chi connectivity index (χ3v) is 2.55. The van der Waals surface area contributed by atoms with Gasteiger partial charge in [-0.05, 0) is 31.9 Å². The second kappa shape index (κ2) is 6.94. The SMILES string of the molecule is CCCc1ccccc1NC(C)C(=O)OCC. The van der Waals surface area contributed by atoms with Crippen LogP contribution >= 0.6 is 0 Å². The molecule has 0 heterocycles. The number of benzene rings is 1. The number of rotatable bonds is 6. The van der Waals surface area contributed by atoms with Crippen molar-refractivity contribution in [3.63, 3.8) is 0 Å². The van der Waals surface area contributed by atoms with Crippen LogP contribution in [0.3, 0.4) is 0 Å². The van der Waals surface area contributed by atoms with Gasteiger partial charge in [0.2, 0.25) is 0 Å². The second-order valence-corrected chi connectivity index (χ2v) is 4.03. The van der Waals surface area contributed by atoms with Crippen molar-refractivity contribution in [3.05, 3.63) is 29.8 Å². The van der Waals surface area contributed by atoms with Crippen molar-refractivity contribution in [2.24, 2.45) is 0 Å². The molecule has 0 aliphatic rings. The second-order valence-electron chi connectivity index (χ2n) is 4.03. The Kier molecular flexibility index (Phi) is 5.53. The Hall–Kier alpha value is -1.51. The third kappa shape index (κ3) is 4.10. The molecule has 0 aliphatic carbocycles. The van der Waals surface area contributed by atoms with Crippen LogP contribution in [0.15, 0.2) is 24.3 Å². The van der Waals surface area contributed by atoms with E-state index in [1.165, 1.54) is 5.56 Å². The van der Waals surface area contributed by atoms with Crippen LogP contribution in [-0.4, -0.2) is 18.6 Å². The molecule has 0 saturated heterocycles. The zero-order chi connectivity index (χ0) is 12.7. The number of ether oxygens (including phenoxy) is 1. The fourth-order valence-corrected chi connectivity index (χ4v) is 1.71. The molecule has 0 aliphatic heterocycles. The van der Waals surface area contributed by atoms with Gasteiger partial charge in [0, 0.05) is 5.69 Å². The molecule has 0 amide bonds. The molecule has 0 spiro atoms. The van der Waals surface area contributed by atoms with Crippen molar-refractivity contribution in [2.75, 3.05) is 11.9 Å². The quantitative estimate of drug-likeness (QED) is 0.770. The van der Waals surface area contributed by atoms with E-state index >= 15 is 0 Å². The Morgan fingerprint density at radius 2 is 2.06 bits per heavy atom. The minimum absolute atomic E-state index is 0.209. The van der Waals surface area contributed by atoms with E-state index in [-0.39, 0.29) is 12.0 Å². The standard InChI is InChI=1S/C14H21NO2/c1-4-8-12-9-6-7-10-13(12)15-11(3)14(16)17-5-2/h6-7,9-11,15H,4-5,8H2,1-3H3. The van der Waals surface area contributed by atoms with Crippen LogP contribution in [0.5, 0.6) is 0 Å². The average Bonchev–Trinajstić information content (AvgIpc) is 2.32. The summed E-state index contributed by atoms with van der Waals surface area (Å²) in [4.78, 5) is 11.5. The molecule has 0 radical (unpaired) electrons. The van der Waals surface area contributed by atoms with Crippen molar-refractivity contribution in [1.82, 2.24) is 0 Å². The molecule has 0 saturated carbocycles. The summed E-state index contributed by atoms with van der Waals surface area (Å²) >= 11 is 0. The van der Waals surface area contributed by atoms with E-state index < -0.39 is 0 Å². The number of nitrogens with one attached hydrogen (secondary N) is 1. The molecule has 17 heavy (non-hydrogen) atoms. The first-order valence-corrected chi connectivity index (χ1v) is 6.20. The van der Waals surface area contributed by atoms with Crippen LogP contribution in [0.4, 0.5) is 5.69 Å². The number of carbonyl (C=O) groups excluding carboxylic acids is 1. The lowest BCUT2D eigenvalue weighted by Gasteiger charge is -2.16. The maximum absolute atomic E-state index is 11.5. The Balaban J connectivity index is 2.70. The number of esters is 1. The van der Waals surface area contributed by atoms with Crippen LogP contribution in [-0.2, 0) is 16.0 Å². The summed E-state index contributed by atoms with van der Waals surface area (Å²) < 4.78 is 4.97. The van der Waals surface area contributed by atoms with E-state index in [4.69, 9.17) is 4.74 Å². The van der Waals surface area contributed by atoms with E-state index in [9.17, 15) is 4.79 Å². The van der Waals surface area contributed by atoms with Gasteiger partial charge in [-0.25, -0.2) is 4.79 Å². The largest absolute Gasteiger partial charge is 0.464 e. The van der Waals surface area contributed by atoms with E-state index in [1.807, 2.05) is 32.0 Å². The smallest absolute Gasteiger partial charge is 0.328 e. The van der Waals surface area contributed by atoms with Crippen LogP contribution in [0, 0.1) is 0 Å². The first kappa shape index (κ1) is 13.6. The Morgan fingerprint density at radius 3 is 2.71 bits per heavy atom. The highest BCUT2D eigenvalue weighted by Gasteiger charge is 2.14. The number of carbonyl (C=O) groups is 1. The maximum atomic E-state index is 11.5. The monoisotopic (exact) mass is 235 g/mol. The first-order valence-electron chi connectivity index (χ1n) is 6.20. The zero-order valence-electron chi connectivity index (χ0n) is 10.8. The van der Waals surface area contributed by atoms with Gasteiger partial charge in [-0.1, -0.05) is 31.5 Å². The highest BCUT2D eigenvalue weighted by Crippen LogP contribution is 2.17. The topological polar surface area (TPSA) is 38.3 Å². The maximum Gasteiger partial charge on any atom is 0.328 e. The highest BCUT2D eigenvalue weighted by molar-refractivity contribution is 5.79. The van der Waals surface area contributed by atoms with Gasteiger partial charge in [-0.2, -0.15) is 0 Å². The van der Waals surface area contributed by atoms with Crippen LogP contribution in [0.25, 0.3) is 0 Å². The first-order chi connectivity index (χ1) is 8.19. The molecule has 0 fully saturated rings. The summed E-state index contributed by atoms with van der Waals surface area (Å²) in [6.07, 6.45) is 2.10. The Labute approximate surface area is 103 Å². The number of hydrogen-bond donors (Lipinski definition) is 1. The molecule has 1 rings (SSSR count). The molecule has 1 atom stereocenters. The number of aryl methyl sites for hydroxylation is 1. The lowest BCUT2D eigenvalue weighted by Crippen LogP contribution is -2.28. The van der Waals surface area contributed by atoms with Crippen LogP contribution in [0.2, 0.25) is 0 Å². The van der Waals surface area contributed by atoms with E-state index in [2.05, 4.69) is 18.3 Å². The van der Waals surface area contributed by atoms with E-state index in [0.717, 1.165) is 18.5 Å². The summed E-state index contributed by atoms with van der Waals surface area (Å²) in [7, 11) is 0. The van der Waals surface area contributed by atoms with Gasteiger partial charge in [-0.15, -0.1) is 0 Å². The lowest BCUT2D eigenvalue weighted by molar-refractivity contribution is -0.143. The van der Waals surface area contributed by atoms with Crippen molar-refractivity contribution < 1.29 is 9.53 Å². The third-order valence-electron chi connectivity index (χ3n) is 2.55. The highest BCUT2D eigenvalue weighted by atomic mass is 16.5. The lowest BCUT2D eigenvalue weighted by atomic mass is 10.1. The van der Waals surface area contributed by atoms with E-state index in [1.54, 1.807) is 0 Å². The molecule has 0 aromatic heterocycles. The van der Waals surface area contributed by atoms with Crippen molar-refractivity contribution in [1.29, 1.82) is 0 Å². The van der Waals surface area contributed by atoms with E-state index in [0.29, 0.717) is 6.61 Å². The molecule has 0 bridgehead atoms. The summed E-state index contributed by atoms with van der Waals surface area (Å²) in [6.45, 7) is 6.20. The summed E-state index contributed by atoms with van der Waals surface area (Å²) in [5.41, 5.74) is 2.26. The van der Waals surface area contributed by atoms with Gasteiger partial charge in [0.05, 0.1) is 6.61 Å². The summed E-state index contributed by atoms with van der Waals surface area (Å²) in [6, 6.07) is 7.77. The van der Waals surface area contributed by atoms with Gasteiger partial charge in [0.25, 0.3) is 0 Å². The fourth-order valence-electron chi connectivity index (χ4n) is 1.71. The van der Waals surface area contributed by atoms with Crippen LogP contribution < -0.4 is 5.32 Å². The molecule has 1 unspecified atom stereocenters. The van der Waals surface area contributed by atoms with Gasteiger partial charge in [-0.3, -0.25) is 0 Å². The normalized spacial score (nSPS) is 11.9. The molecule has 94 valence electrons. The molecule has 1 N–H and O–H groups in total. The predicted molar refractivity (Wildman–Crippen MR) is 70.2 cm³/mol. The van der Waals surface area contributed by atoms with Crippen molar-refractivity contribution in [3.8, 4) is 0 Å². The molecule has 1 aromatic rings. The van der Waals surface area contributed by atoms with Crippen molar-refractivity contribution in [2.45, 2.75) is 39.7 Å². The number of anilines is 1. The zero-order valence-corrected chi connectivity index (χ0v) is 10.8. The van der Waals surface area contributed by atoms with Gasteiger partial charge >= 0.3 is 5.97 Å². The summed E-state index contributed by atoms with van der Waals surface area (Å²) in [5, 5.41) is 3.21. The van der Waals surface area contributed by atoms with Gasteiger partial charge in [0.1, 0.15) is 6.04 Å². The van der Waals surface area contributed by atoms with Crippen LogP contribution in [0.1, 0.15) is 32.8 Å². The molecular formula is C14H21NO2. The molecule has 1 aromatic carbocycles.